The number of thioether (sulfide) groups is 1. The van der Waals surface area contributed by atoms with E-state index in [1.165, 1.54) is 0 Å². The van der Waals surface area contributed by atoms with Crippen LogP contribution in [0.15, 0.2) is 18.2 Å². The number of hydrogen-bond donors (Lipinski definition) is 2. The molecule has 0 bridgehead atoms. The number of carbonyl (C=O) groups is 1. The highest BCUT2D eigenvalue weighted by atomic mass is 35.5. The number of rotatable bonds is 6. The van der Waals surface area contributed by atoms with E-state index in [4.69, 9.17) is 17.3 Å². The fourth-order valence-electron chi connectivity index (χ4n) is 1.39. The molecule has 0 aromatic heterocycles. The zero-order valence-electron chi connectivity index (χ0n) is 10.6. The first-order chi connectivity index (χ1) is 8.52. The van der Waals surface area contributed by atoms with Gasteiger partial charge >= 0.3 is 0 Å². The highest BCUT2D eigenvalue weighted by molar-refractivity contribution is 7.98. The van der Waals surface area contributed by atoms with Crippen LogP contribution in [-0.2, 0) is 4.79 Å². The maximum Gasteiger partial charge on any atom is 0.238 e. The Kier molecular flexibility index (Phi) is 6.32. The summed E-state index contributed by atoms with van der Waals surface area (Å²) in [4.78, 5) is 13.7. The standard InChI is InChI=1S/C12H18ClN3OS/c1-16(5-6-18-2)8-12(17)15-11-4-3-9(14)7-10(11)13/h3-4,7H,5-6,8,14H2,1-2H3,(H,15,17). The molecule has 0 aliphatic rings. The molecule has 1 rings (SSSR count). The van der Waals surface area contributed by atoms with Crippen LogP contribution in [0.2, 0.25) is 5.02 Å². The predicted octanol–water partition coefficient (Wildman–Crippen LogP) is 2.16. The van der Waals surface area contributed by atoms with Crippen molar-refractivity contribution < 1.29 is 4.79 Å². The molecule has 0 aliphatic carbocycles. The number of halogens is 1. The molecule has 0 atom stereocenters. The van der Waals surface area contributed by atoms with Crippen LogP contribution in [0.3, 0.4) is 0 Å². The summed E-state index contributed by atoms with van der Waals surface area (Å²) in [5, 5.41) is 3.22. The summed E-state index contributed by atoms with van der Waals surface area (Å²) in [7, 11) is 1.92. The van der Waals surface area contributed by atoms with Crippen molar-refractivity contribution in [3.63, 3.8) is 0 Å². The minimum Gasteiger partial charge on any atom is -0.399 e. The Labute approximate surface area is 117 Å². The maximum atomic E-state index is 11.8. The first-order valence-corrected chi connectivity index (χ1v) is 7.32. The van der Waals surface area contributed by atoms with Crippen molar-refractivity contribution in [1.29, 1.82) is 0 Å². The number of nitrogens with one attached hydrogen (secondary N) is 1. The lowest BCUT2D eigenvalue weighted by molar-refractivity contribution is -0.117. The molecule has 4 nitrogen and oxygen atoms in total. The summed E-state index contributed by atoms with van der Waals surface area (Å²) in [5.74, 6) is 0.928. The van der Waals surface area contributed by atoms with Gasteiger partial charge in [-0.15, -0.1) is 0 Å². The molecule has 1 aromatic rings. The molecule has 0 radical (unpaired) electrons. The Morgan fingerprint density at radius 3 is 2.89 bits per heavy atom. The Bertz CT molecular complexity index is 414. The monoisotopic (exact) mass is 287 g/mol. The third-order valence-corrected chi connectivity index (χ3v) is 3.26. The second kappa shape index (κ2) is 7.51. The highest BCUT2D eigenvalue weighted by Gasteiger charge is 2.08. The molecular formula is C12H18ClN3OS. The molecule has 0 unspecified atom stereocenters. The van der Waals surface area contributed by atoms with Gasteiger partial charge in [0, 0.05) is 18.0 Å². The predicted molar refractivity (Wildman–Crippen MR) is 80.4 cm³/mol. The molecule has 3 N–H and O–H groups in total. The van der Waals surface area contributed by atoms with Crippen molar-refractivity contribution in [2.75, 3.05) is 43.2 Å². The number of benzene rings is 1. The number of nitrogens with zero attached hydrogens (tertiary/aromatic N) is 1. The van der Waals surface area contributed by atoms with Crippen LogP contribution in [0.5, 0.6) is 0 Å². The van der Waals surface area contributed by atoms with Crippen molar-refractivity contribution in [2.24, 2.45) is 0 Å². The average Bonchev–Trinajstić information content (AvgIpc) is 2.30. The zero-order chi connectivity index (χ0) is 13.5. The van der Waals surface area contributed by atoms with E-state index in [-0.39, 0.29) is 5.91 Å². The lowest BCUT2D eigenvalue weighted by Gasteiger charge is -2.15. The Morgan fingerprint density at radius 2 is 2.28 bits per heavy atom. The van der Waals surface area contributed by atoms with E-state index >= 15 is 0 Å². The second-order valence-electron chi connectivity index (χ2n) is 4.02. The van der Waals surface area contributed by atoms with Crippen LogP contribution < -0.4 is 11.1 Å². The normalized spacial score (nSPS) is 10.7. The van der Waals surface area contributed by atoms with E-state index < -0.39 is 0 Å². The lowest BCUT2D eigenvalue weighted by Crippen LogP contribution is -2.31. The van der Waals surface area contributed by atoms with Crippen molar-refractivity contribution in [3.05, 3.63) is 23.2 Å². The van der Waals surface area contributed by atoms with Gasteiger partial charge in [-0.3, -0.25) is 9.69 Å². The third kappa shape index (κ3) is 5.16. The molecule has 0 saturated heterocycles. The fraction of sp³-hybridized carbons (Fsp3) is 0.417. The van der Waals surface area contributed by atoms with E-state index in [1.54, 1.807) is 30.0 Å². The summed E-state index contributed by atoms with van der Waals surface area (Å²) in [6.07, 6.45) is 2.04. The summed E-state index contributed by atoms with van der Waals surface area (Å²) < 4.78 is 0. The van der Waals surface area contributed by atoms with E-state index in [9.17, 15) is 4.79 Å². The summed E-state index contributed by atoms with van der Waals surface area (Å²) in [5.41, 5.74) is 6.76. The molecule has 0 aliphatic heterocycles. The number of anilines is 2. The van der Waals surface area contributed by atoms with Gasteiger partial charge in [-0.05, 0) is 31.5 Å². The van der Waals surface area contributed by atoms with Gasteiger partial charge in [-0.25, -0.2) is 0 Å². The molecule has 0 heterocycles. The Balaban J connectivity index is 2.49. The second-order valence-corrected chi connectivity index (χ2v) is 5.41. The highest BCUT2D eigenvalue weighted by Crippen LogP contribution is 2.23. The van der Waals surface area contributed by atoms with Crippen LogP contribution in [0, 0.1) is 0 Å². The van der Waals surface area contributed by atoms with Gasteiger partial charge in [0.15, 0.2) is 0 Å². The van der Waals surface area contributed by atoms with Crippen molar-refractivity contribution in [2.45, 2.75) is 0 Å². The van der Waals surface area contributed by atoms with E-state index in [1.807, 2.05) is 18.2 Å². The first kappa shape index (κ1) is 15.1. The molecule has 100 valence electrons. The van der Waals surface area contributed by atoms with E-state index in [0.717, 1.165) is 12.3 Å². The number of carbonyl (C=O) groups excluding carboxylic acids is 1. The van der Waals surface area contributed by atoms with Gasteiger partial charge in [0.05, 0.1) is 17.3 Å². The van der Waals surface area contributed by atoms with Crippen LogP contribution in [0.1, 0.15) is 0 Å². The smallest absolute Gasteiger partial charge is 0.238 e. The molecular weight excluding hydrogens is 270 g/mol. The minimum absolute atomic E-state index is 0.0784. The zero-order valence-corrected chi connectivity index (χ0v) is 12.1. The van der Waals surface area contributed by atoms with Gasteiger partial charge in [0.1, 0.15) is 0 Å². The van der Waals surface area contributed by atoms with Crippen LogP contribution >= 0.6 is 23.4 Å². The molecule has 18 heavy (non-hydrogen) atoms. The Morgan fingerprint density at radius 1 is 1.56 bits per heavy atom. The summed E-state index contributed by atoms with van der Waals surface area (Å²) >= 11 is 7.74. The van der Waals surface area contributed by atoms with E-state index in [2.05, 4.69) is 5.32 Å². The molecule has 0 spiro atoms. The third-order valence-electron chi connectivity index (χ3n) is 2.36. The topological polar surface area (TPSA) is 58.4 Å². The van der Waals surface area contributed by atoms with E-state index in [0.29, 0.717) is 22.9 Å². The van der Waals surface area contributed by atoms with Crippen molar-refractivity contribution >= 4 is 40.6 Å². The lowest BCUT2D eigenvalue weighted by atomic mass is 10.3. The van der Waals surface area contributed by atoms with Crippen LogP contribution in [0.4, 0.5) is 11.4 Å². The molecule has 1 amide bonds. The maximum absolute atomic E-state index is 11.8. The Hall–Kier alpha value is -0.910. The van der Waals surface area contributed by atoms with Gasteiger partial charge in [0.25, 0.3) is 0 Å². The first-order valence-electron chi connectivity index (χ1n) is 5.55. The van der Waals surface area contributed by atoms with Gasteiger partial charge < -0.3 is 11.1 Å². The van der Waals surface area contributed by atoms with Gasteiger partial charge in [-0.2, -0.15) is 11.8 Å². The minimum atomic E-state index is -0.0784. The SMILES string of the molecule is CSCCN(C)CC(=O)Nc1ccc(N)cc1Cl. The van der Waals surface area contributed by atoms with Crippen LogP contribution in [-0.4, -0.2) is 43.0 Å². The van der Waals surface area contributed by atoms with Crippen molar-refractivity contribution in [1.82, 2.24) is 4.90 Å². The molecule has 6 heteroatoms. The molecule has 0 fully saturated rings. The summed E-state index contributed by atoms with van der Waals surface area (Å²) in [6.45, 7) is 1.23. The number of hydrogen-bond acceptors (Lipinski definition) is 4. The number of nitrogen functional groups attached to an aromatic ring is 1. The number of nitrogens with two attached hydrogens (primary N) is 1. The van der Waals surface area contributed by atoms with Crippen molar-refractivity contribution in [3.8, 4) is 0 Å². The number of amides is 1. The summed E-state index contributed by atoms with van der Waals surface area (Å²) in [6, 6.07) is 5.03. The van der Waals surface area contributed by atoms with Crippen LogP contribution in [0.25, 0.3) is 0 Å². The van der Waals surface area contributed by atoms with Gasteiger partial charge in [-0.1, -0.05) is 11.6 Å². The quantitative estimate of drug-likeness (QED) is 0.787. The average molecular weight is 288 g/mol. The molecule has 1 aromatic carbocycles. The fourth-order valence-corrected chi connectivity index (χ4v) is 2.12. The largest absolute Gasteiger partial charge is 0.399 e. The van der Waals surface area contributed by atoms with Gasteiger partial charge in [0.2, 0.25) is 5.91 Å². The number of likely N-dealkylation sites (N-methyl/N-ethyl adjacent to an activating group) is 1. The molecule has 0 saturated carbocycles.